The summed E-state index contributed by atoms with van der Waals surface area (Å²) in [7, 11) is 2.06. The predicted octanol–water partition coefficient (Wildman–Crippen LogP) is 3.11. The first-order valence-electron chi connectivity index (χ1n) is 9.16. The van der Waals surface area contributed by atoms with Crippen molar-refractivity contribution < 1.29 is 9.53 Å². The van der Waals surface area contributed by atoms with Crippen LogP contribution in [0.4, 0.5) is 0 Å². The van der Waals surface area contributed by atoms with Crippen LogP contribution < -0.4 is 0 Å². The van der Waals surface area contributed by atoms with Crippen molar-refractivity contribution in [1.82, 2.24) is 9.47 Å². The van der Waals surface area contributed by atoms with Gasteiger partial charge >= 0.3 is 0 Å². The molecule has 1 fully saturated rings. The average molecular weight is 349 g/mol. The van der Waals surface area contributed by atoms with Gasteiger partial charge in [-0.05, 0) is 30.9 Å². The number of benzene rings is 1. The van der Waals surface area contributed by atoms with E-state index in [4.69, 9.17) is 4.74 Å². The summed E-state index contributed by atoms with van der Waals surface area (Å²) in [4.78, 5) is 14.8. The number of hydrogen-bond donors (Lipinski definition) is 0. The molecule has 134 valence electrons. The van der Waals surface area contributed by atoms with Crippen molar-refractivity contribution in [3.05, 3.63) is 42.1 Å². The van der Waals surface area contributed by atoms with Gasteiger partial charge in [0.15, 0.2) is 0 Å². The van der Waals surface area contributed by atoms with E-state index in [1.807, 2.05) is 4.90 Å². The Morgan fingerprint density at radius 1 is 1.27 bits per heavy atom. The van der Waals surface area contributed by atoms with Crippen molar-refractivity contribution in [2.45, 2.75) is 19.3 Å². The Bertz CT molecular complexity index is 913. The van der Waals surface area contributed by atoms with Crippen LogP contribution in [0.1, 0.15) is 24.8 Å². The van der Waals surface area contributed by atoms with E-state index in [9.17, 15) is 10.1 Å². The van der Waals surface area contributed by atoms with Crippen LogP contribution in [0.25, 0.3) is 16.5 Å². The Labute approximate surface area is 153 Å². The SMILES string of the molecule is Cn1cc(C2=CCN(C(=O)C3(C#N)CCOCC3)CC2)c2ccccc21. The van der Waals surface area contributed by atoms with Crippen molar-refractivity contribution in [1.29, 1.82) is 5.26 Å². The summed E-state index contributed by atoms with van der Waals surface area (Å²) in [6, 6.07) is 10.7. The van der Waals surface area contributed by atoms with Gasteiger partial charge in [0.1, 0.15) is 5.41 Å². The number of rotatable bonds is 2. The molecule has 0 aliphatic carbocycles. The highest BCUT2D eigenvalue weighted by atomic mass is 16.5. The third kappa shape index (κ3) is 2.71. The molecule has 5 heteroatoms. The van der Waals surface area contributed by atoms with Crippen LogP contribution in [-0.4, -0.2) is 41.7 Å². The van der Waals surface area contributed by atoms with Crippen molar-refractivity contribution in [3.8, 4) is 6.07 Å². The van der Waals surface area contributed by atoms with Crippen LogP contribution in [0.3, 0.4) is 0 Å². The van der Waals surface area contributed by atoms with E-state index >= 15 is 0 Å². The van der Waals surface area contributed by atoms with Crippen molar-refractivity contribution in [2.75, 3.05) is 26.3 Å². The second-order valence-corrected chi connectivity index (χ2v) is 7.21. The summed E-state index contributed by atoms with van der Waals surface area (Å²) in [5, 5.41) is 10.9. The van der Waals surface area contributed by atoms with Crippen molar-refractivity contribution in [3.63, 3.8) is 0 Å². The van der Waals surface area contributed by atoms with Gasteiger partial charge in [-0.25, -0.2) is 0 Å². The van der Waals surface area contributed by atoms with Gasteiger partial charge in [0.2, 0.25) is 5.91 Å². The van der Waals surface area contributed by atoms with E-state index in [0.717, 1.165) is 6.42 Å². The van der Waals surface area contributed by atoms with E-state index in [2.05, 4.69) is 54.2 Å². The highest BCUT2D eigenvalue weighted by Crippen LogP contribution is 2.35. The molecule has 0 atom stereocenters. The molecule has 1 aromatic carbocycles. The topological polar surface area (TPSA) is 58.3 Å². The molecule has 0 unspecified atom stereocenters. The number of hydrogen-bond acceptors (Lipinski definition) is 3. The molecule has 4 rings (SSSR count). The Hall–Kier alpha value is -2.58. The lowest BCUT2D eigenvalue weighted by Gasteiger charge is -2.36. The third-order valence-corrected chi connectivity index (χ3v) is 5.71. The maximum absolute atomic E-state index is 13.0. The van der Waals surface area contributed by atoms with Gasteiger partial charge in [-0.3, -0.25) is 4.79 Å². The molecule has 1 saturated heterocycles. The molecule has 0 saturated carbocycles. The lowest BCUT2D eigenvalue weighted by Crippen LogP contribution is -2.47. The normalized spacial score (nSPS) is 19.8. The summed E-state index contributed by atoms with van der Waals surface area (Å²) in [5.74, 6) is -0.0310. The van der Waals surface area contributed by atoms with Crippen LogP contribution in [0.5, 0.6) is 0 Å². The van der Waals surface area contributed by atoms with E-state index in [1.165, 1.54) is 22.0 Å². The summed E-state index contributed by atoms with van der Waals surface area (Å²) in [5.41, 5.74) is 2.84. The minimum Gasteiger partial charge on any atom is -0.381 e. The first-order chi connectivity index (χ1) is 12.6. The largest absolute Gasteiger partial charge is 0.381 e. The average Bonchev–Trinajstić information content (AvgIpc) is 3.05. The quantitative estimate of drug-likeness (QED) is 0.837. The second kappa shape index (κ2) is 6.62. The Kier molecular flexibility index (Phi) is 4.29. The van der Waals surface area contributed by atoms with E-state index in [-0.39, 0.29) is 5.91 Å². The van der Waals surface area contributed by atoms with E-state index in [0.29, 0.717) is 39.1 Å². The van der Waals surface area contributed by atoms with Crippen LogP contribution in [-0.2, 0) is 16.6 Å². The molecule has 26 heavy (non-hydrogen) atoms. The molecule has 0 bridgehead atoms. The lowest BCUT2D eigenvalue weighted by atomic mass is 9.80. The molecular weight excluding hydrogens is 326 g/mol. The molecule has 1 aromatic heterocycles. The van der Waals surface area contributed by atoms with Crippen molar-refractivity contribution in [2.24, 2.45) is 12.5 Å². The first kappa shape index (κ1) is 16.9. The van der Waals surface area contributed by atoms with Crippen LogP contribution in [0.15, 0.2) is 36.5 Å². The van der Waals surface area contributed by atoms with Gasteiger partial charge in [-0.1, -0.05) is 24.3 Å². The smallest absolute Gasteiger partial charge is 0.243 e. The van der Waals surface area contributed by atoms with Gasteiger partial charge in [0, 0.05) is 56.0 Å². The van der Waals surface area contributed by atoms with Crippen LogP contribution in [0.2, 0.25) is 0 Å². The number of aryl methyl sites for hydroxylation is 1. The molecule has 2 aromatic rings. The summed E-state index contributed by atoms with van der Waals surface area (Å²) in [6.45, 7) is 2.22. The molecule has 0 radical (unpaired) electrons. The first-order valence-corrected chi connectivity index (χ1v) is 9.16. The zero-order valence-corrected chi connectivity index (χ0v) is 15.1. The van der Waals surface area contributed by atoms with Crippen molar-refractivity contribution >= 4 is 22.4 Å². The summed E-state index contributed by atoms with van der Waals surface area (Å²) >= 11 is 0. The molecule has 1 amide bonds. The maximum Gasteiger partial charge on any atom is 0.243 e. The fourth-order valence-electron chi connectivity index (χ4n) is 4.09. The fourth-order valence-corrected chi connectivity index (χ4v) is 4.09. The Balaban J connectivity index is 1.57. The number of nitriles is 1. The van der Waals surface area contributed by atoms with E-state index in [1.54, 1.807) is 0 Å². The number of para-hydroxylation sites is 1. The third-order valence-electron chi connectivity index (χ3n) is 5.71. The van der Waals surface area contributed by atoms with Gasteiger partial charge < -0.3 is 14.2 Å². The fraction of sp³-hybridized carbons (Fsp3) is 0.429. The second-order valence-electron chi connectivity index (χ2n) is 7.21. The van der Waals surface area contributed by atoms with Gasteiger partial charge in [0.05, 0.1) is 6.07 Å². The number of amides is 1. The Morgan fingerprint density at radius 2 is 2.04 bits per heavy atom. The molecule has 0 spiro atoms. The molecule has 3 heterocycles. The lowest BCUT2D eigenvalue weighted by molar-refractivity contribution is -0.143. The number of ether oxygens (including phenoxy) is 1. The van der Waals surface area contributed by atoms with Crippen LogP contribution in [0, 0.1) is 16.7 Å². The Morgan fingerprint density at radius 3 is 2.73 bits per heavy atom. The number of carbonyl (C=O) groups excluding carboxylic acids is 1. The number of nitrogens with zero attached hydrogens (tertiary/aromatic N) is 3. The predicted molar refractivity (Wildman–Crippen MR) is 100 cm³/mol. The van der Waals surface area contributed by atoms with Gasteiger partial charge in [-0.2, -0.15) is 5.26 Å². The number of aromatic nitrogens is 1. The highest BCUT2D eigenvalue weighted by Gasteiger charge is 2.43. The van der Waals surface area contributed by atoms with E-state index < -0.39 is 5.41 Å². The minimum absolute atomic E-state index is 0.0310. The summed E-state index contributed by atoms with van der Waals surface area (Å²) in [6.07, 6.45) is 6.13. The van der Waals surface area contributed by atoms with Gasteiger partial charge in [-0.15, -0.1) is 0 Å². The standard InChI is InChI=1S/C21H23N3O2/c1-23-14-18(17-4-2-3-5-19(17)23)16-6-10-24(11-7-16)20(25)21(15-22)8-12-26-13-9-21/h2-6,14H,7-13H2,1H3. The zero-order valence-electron chi connectivity index (χ0n) is 15.1. The zero-order chi connectivity index (χ0) is 18.1. The molecule has 2 aliphatic rings. The van der Waals surface area contributed by atoms with Gasteiger partial charge in [0.25, 0.3) is 0 Å². The summed E-state index contributed by atoms with van der Waals surface area (Å²) < 4.78 is 7.49. The van der Waals surface area contributed by atoms with Crippen LogP contribution >= 0.6 is 0 Å². The molecule has 0 N–H and O–H groups in total. The molecule has 2 aliphatic heterocycles. The number of carbonyl (C=O) groups is 1. The molecule has 5 nitrogen and oxygen atoms in total. The monoisotopic (exact) mass is 349 g/mol. The number of fused-ring (bicyclic) bond motifs is 1. The highest BCUT2D eigenvalue weighted by molar-refractivity contribution is 5.94. The minimum atomic E-state index is -0.900. The molecular formula is C21H23N3O2. The maximum atomic E-state index is 13.0.